The fourth-order valence-corrected chi connectivity index (χ4v) is 3.21. The van der Waals surface area contributed by atoms with Crippen molar-refractivity contribution in [3.8, 4) is 0 Å². The predicted octanol–water partition coefficient (Wildman–Crippen LogP) is 1.91. The Kier molecular flexibility index (Phi) is 4.76. The third kappa shape index (κ3) is 4.29. The topological polar surface area (TPSA) is 77.5 Å². The standard InChI is InChI=1S/C12H18O5S2/c1-9(2)19(15,16)12-7-5-11(6-8-12)10(3)17-18(4,13)14/h5-10H,1-4H3. The van der Waals surface area contributed by atoms with Crippen molar-refractivity contribution in [2.24, 2.45) is 0 Å². The monoisotopic (exact) mass is 306 g/mol. The number of hydrogen-bond donors (Lipinski definition) is 0. The van der Waals surface area contributed by atoms with Gasteiger partial charge in [0.15, 0.2) is 9.84 Å². The lowest BCUT2D eigenvalue weighted by Crippen LogP contribution is -2.14. The molecule has 0 spiro atoms. The first-order valence-electron chi connectivity index (χ1n) is 5.76. The molecule has 0 aliphatic heterocycles. The third-order valence-electron chi connectivity index (χ3n) is 2.62. The van der Waals surface area contributed by atoms with Crippen LogP contribution in [0.3, 0.4) is 0 Å². The normalized spacial score (nSPS) is 14.6. The van der Waals surface area contributed by atoms with Gasteiger partial charge in [-0.05, 0) is 38.5 Å². The summed E-state index contributed by atoms with van der Waals surface area (Å²) in [5.74, 6) is 0. The average molecular weight is 306 g/mol. The Balaban J connectivity index is 3.01. The molecule has 0 bridgehead atoms. The van der Waals surface area contributed by atoms with Crippen LogP contribution in [0.5, 0.6) is 0 Å². The van der Waals surface area contributed by atoms with Crippen molar-refractivity contribution in [2.45, 2.75) is 37.0 Å². The van der Waals surface area contributed by atoms with Crippen LogP contribution < -0.4 is 0 Å². The Morgan fingerprint density at radius 1 is 0.947 bits per heavy atom. The van der Waals surface area contributed by atoms with E-state index < -0.39 is 31.3 Å². The minimum absolute atomic E-state index is 0.220. The molecule has 0 aromatic heterocycles. The van der Waals surface area contributed by atoms with Crippen LogP contribution in [0.25, 0.3) is 0 Å². The largest absolute Gasteiger partial charge is 0.264 e. The minimum Gasteiger partial charge on any atom is -0.262 e. The van der Waals surface area contributed by atoms with Crippen LogP contribution in [0.2, 0.25) is 0 Å². The summed E-state index contributed by atoms with van der Waals surface area (Å²) >= 11 is 0. The van der Waals surface area contributed by atoms with Crippen LogP contribution in [0.1, 0.15) is 32.4 Å². The summed E-state index contributed by atoms with van der Waals surface area (Å²) in [5, 5.41) is -0.497. The van der Waals surface area contributed by atoms with Gasteiger partial charge in [0, 0.05) is 0 Å². The van der Waals surface area contributed by atoms with E-state index in [4.69, 9.17) is 4.18 Å². The molecule has 0 saturated heterocycles. The summed E-state index contributed by atoms with van der Waals surface area (Å²) in [6.45, 7) is 4.81. The average Bonchev–Trinajstić information content (AvgIpc) is 2.26. The molecule has 5 nitrogen and oxygen atoms in total. The number of rotatable bonds is 5. The van der Waals surface area contributed by atoms with Crippen LogP contribution in [0.15, 0.2) is 29.2 Å². The van der Waals surface area contributed by atoms with E-state index in [0.29, 0.717) is 5.56 Å². The molecular formula is C12H18O5S2. The van der Waals surface area contributed by atoms with Crippen molar-refractivity contribution in [3.63, 3.8) is 0 Å². The first kappa shape index (κ1) is 16.1. The summed E-state index contributed by atoms with van der Waals surface area (Å²) in [5.41, 5.74) is 0.605. The summed E-state index contributed by atoms with van der Waals surface area (Å²) in [6.07, 6.45) is 0.326. The molecule has 0 aliphatic rings. The van der Waals surface area contributed by atoms with Crippen LogP contribution in [-0.2, 0) is 24.1 Å². The highest BCUT2D eigenvalue weighted by molar-refractivity contribution is 7.92. The zero-order valence-electron chi connectivity index (χ0n) is 11.3. The maximum Gasteiger partial charge on any atom is 0.264 e. The lowest BCUT2D eigenvalue weighted by atomic mass is 10.1. The quantitative estimate of drug-likeness (QED) is 0.777. The smallest absolute Gasteiger partial charge is 0.262 e. The molecule has 0 fully saturated rings. The summed E-state index contributed by atoms with van der Waals surface area (Å²) in [6, 6.07) is 6.05. The molecule has 1 atom stereocenters. The van der Waals surface area contributed by atoms with E-state index in [1.165, 1.54) is 12.1 Å². The van der Waals surface area contributed by atoms with Crippen LogP contribution in [-0.4, -0.2) is 28.3 Å². The fourth-order valence-electron chi connectivity index (χ4n) is 1.52. The van der Waals surface area contributed by atoms with Crippen molar-refractivity contribution in [1.82, 2.24) is 0 Å². The van der Waals surface area contributed by atoms with Gasteiger partial charge < -0.3 is 0 Å². The van der Waals surface area contributed by atoms with Gasteiger partial charge in [-0.1, -0.05) is 12.1 Å². The predicted molar refractivity (Wildman–Crippen MR) is 73.1 cm³/mol. The fraction of sp³-hybridized carbons (Fsp3) is 0.500. The highest BCUT2D eigenvalue weighted by atomic mass is 32.2. The molecule has 1 unspecified atom stereocenters. The van der Waals surface area contributed by atoms with E-state index in [9.17, 15) is 16.8 Å². The summed E-state index contributed by atoms with van der Waals surface area (Å²) < 4.78 is 50.7. The molecule has 0 saturated carbocycles. The Morgan fingerprint density at radius 3 is 1.79 bits per heavy atom. The first-order chi connectivity index (χ1) is 8.54. The zero-order chi connectivity index (χ0) is 14.8. The molecule has 19 heavy (non-hydrogen) atoms. The van der Waals surface area contributed by atoms with Gasteiger partial charge in [0.25, 0.3) is 10.1 Å². The van der Waals surface area contributed by atoms with E-state index in [1.54, 1.807) is 32.9 Å². The molecule has 0 radical (unpaired) electrons. The van der Waals surface area contributed by atoms with Crippen molar-refractivity contribution >= 4 is 20.0 Å². The second-order valence-corrected chi connectivity index (χ2v) is 8.71. The number of benzene rings is 1. The van der Waals surface area contributed by atoms with Crippen molar-refractivity contribution in [2.75, 3.05) is 6.26 Å². The molecule has 1 rings (SSSR count). The highest BCUT2D eigenvalue weighted by Gasteiger charge is 2.19. The van der Waals surface area contributed by atoms with E-state index in [1.807, 2.05) is 0 Å². The molecule has 0 amide bonds. The van der Waals surface area contributed by atoms with Gasteiger partial charge in [-0.2, -0.15) is 8.42 Å². The maximum absolute atomic E-state index is 11.9. The Labute approximate surface area is 114 Å². The molecule has 0 heterocycles. The van der Waals surface area contributed by atoms with Gasteiger partial charge >= 0.3 is 0 Å². The van der Waals surface area contributed by atoms with Crippen LogP contribution in [0.4, 0.5) is 0 Å². The first-order valence-corrected chi connectivity index (χ1v) is 9.12. The third-order valence-corrected chi connectivity index (χ3v) is 5.43. The summed E-state index contributed by atoms with van der Waals surface area (Å²) in [4.78, 5) is 0.220. The van der Waals surface area contributed by atoms with E-state index in [2.05, 4.69) is 0 Å². The maximum atomic E-state index is 11.9. The SMILES string of the molecule is CC(OS(C)(=O)=O)c1ccc(S(=O)(=O)C(C)C)cc1. The van der Waals surface area contributed by atoms with Crippen LogP contribution in [0, 0.1) is 0 Å². The lowest BCUT2D eigenvalue weighted by Gasteiger charge is -2.13. The Bertz CT molecular complexity index is 627. The Hall–Kier alpha value is -0.920. The molecule has 108 valence electrons. The molecular weight excluding hydrogens is 288 g/mol. The van der Waals surface area contributed by atoms with Gasteiger partial charge in [-0.25, -0.2) is 8.42 Å². The molecule has 1 aromatic carbocycles. The molecule has 7 heteroatoms. The Morgan fingerprint density at radius 2 is 1.42 bits per heavy atom. The van der Waals surface area contributed by atoms with Gasteiger partial charge in [0.1, 0.15) is 0 Å². The summed E-state index contributed by atoms with van der Waals surface area (Å²) in [7, 11) is -6.86. The molecule has 1 aromatic rings. The van der Waals surface area contributed by atoms with Crippen molar-refractivity contribution in [3.05, 3.63) is 29.8 Å². The van der Waals surface area contributed by atoms with Gasteiger partial charge in [-0.3, -0.25) is 4.18 Å². The zero-order valence-corrected chi connectivity index (χ0v) is 13.0. The second-order valence-electron chi connectivity index (χ2n) is 4.61. The van der Waals surface area contributed by atoms with Gasteiger partial charge in [0.2, 0.25) is 0 Å². The van der Waals surface area contributed by atoms with Crippen LogP contribution >= 0.6 is 0 Å². The second kappa shape index (κ2) is 5.60. The molecule has 0 aliphatic carbocycles. The van der Waals surface area contributed by atoms with Gasteiger partial charge in [-0.15, -0.1) is 0 Å². The van der Waals surface area contributed by atoms with Gasteiger partial charge in [0.05, 0.1) is 22.5 Å². The lowest BCUT2D eigenvalue weighted by molar-refractivity contribution is 0.236. The van der Waals surface area contributed by atoms with Crippen molar-refractivity contribution < 1.29 is 21.0 Å². The van der Waals surface area contributed by atoms with Crippen molar-refractivity contribution in [1.29, 1.82) is 0 Å². The number of sulfone groups is 1. The van der Waals surface area contributed by atoms with E-state index >= 15 is 0 Å². The highest BCUT2D eigenvalue weighted by Crippen LogP contribution is 2.22. The van der Waals surface area contributed by atoms with E-state index in [-0.39, 0.29) is 4.90 Å². The molecule has 0 N–H and O–H groups in total. The minimum atomic E-state index is -3.54. The van der Waals surface area contributed by atoms with E-state index in [0.717, 1.165) is 6.26 Å². The number of hydrogen-bond acceptors (Lipinski definition) is 5.